The van der Waals surface area contributed by atoms with Crippen LogP contribution in [0.3, 0.4) is 0 Å². The summed E-state index contributed by atoms with van der Waals surface area (Å²) in [6, 6.07) is 0. The van der Waals surface area contributed by atoms with Crippen molar-refractivity contribution in [2.45, 2.75) is 38.6 Å². The van der Waals surface area contributed by atoms with Crippen LogP contribution < -0.4 is 5.32 Å². The number of hydrogen-bond donors (Lipinski definition) is 2. The van der Waals surface area contributed by atoms with Gasteiger partial charge in [-0.1, -0.05) is 6.42 Å². The van der Waals surface area contributed by atoms with Gasteiger partial charge in [-0.25, -0.2) is 4.98 Å². The van der Waals surface area contributed by atoms with Crippen LogP contribution in [0.5, 0.6) is 0 Å². The minimum absolute atomic E-state index is 0.192. The van der Waals surface area contributed by atoms with E-state index in [2.05, 4.69) is 15.3 Å². The van der Waals surface area contributed by atoms with E-state index >= 15 is 0 Å². The van der Waals surface area contributed by atoms with Crippen molar-refractivity contribution < 1.29 is 4.79 Å². The predicted octanol–water partition coefficient (Wildman–Crippen LogP) is 1.85. The Morgan fingerprint density at radius 1 is 1.47 bits per heavy atom. The van der Waals surface area contributed by atoms with E-state index in [1.807, 2.05) is 0 Å². The van der Waals surface area contributed by atoms with Gasteiger partial charge in [-0.15, -0.1) is 0 Å². The first-order chi connectivity index (χ1) is 8.31. The fourth-order valence-corrected chi connectivity index (χ4v) is 3.51. The van der Waals surface area contributed by atoms with E-state index < -0.39 is 0 Å². The maximum atomic E-state index is 11.8. The largest absolute Gasteiger partial charge is 0.350 e. The van der Waals surface area contributed by atoms with Crippen LogP contribution in [0.4, 0.5) is 0 Å². The summed E-state index contributed by atoms with van der Waals surface area (Å²) in [5.41, 5.74) is 0.964. The van der Waals surface area contributed by atoms with Crippen LogP contribution >= 0.6 is 0 Å². The molecule has 2 N–H and O–H groups in total. The lowest BCUT2D eigenvalue weighted by Crippen LogP contribution is -2.27. The topological polar surface area (TPSA) is 57.8 Å². The van der Waals surface area contributed by atoms with Gasteiger partial charge in [0.25, 0.3) is 0 Å². The SMILES string of the molecule is O=C(CC1CC2CCC1C2)NCc1cnc[nH]1. The van der Waals surface area contributed by atoms with Crippen molar-refractivity contribution in [1.29, 1.82) is 0 Å². The van der Waals surface area contributed by atoms with E-state index in [-0.39, 0.29) is 5.91 Å². The normalized spacial score (nSPS) is 30.7. The third kappa shape index (κ3) is 2.35. The smallest absolute Gasteiger partial charge is 0.220 e. The molecule has 4 nitrogen and oxygen atoms in total. The molecule has 2 aliphatic carbocycles. The maximum Gasteiger partial charge on any atom is 0.220 e. The highest BCUT2D eigenvalue weighted by atomic mass is 16.1. The van der Waals surface area contributed by atoms with E-state index in [9.17, 15) is 4.79 Å². The molecule has 1 amide bonds. The van der Waals surface area contributed by atoms with Gasteiger partial charge in [0, 0.05) is 12.6 Å². The van der Waals surface area contributed by atoms with Crippen LogP contribution in [0.25, 0.3) is 0 Å². The predicted molar refractivity (Wildman–Crippen MR) is 64.0 cm³/mol. The standard InChI is InChI=1S/C13H19N3O/c17-13(15-7-12-6-14-8-16-12)5-11-4-9-1-2-10(11)3-9/h6,8-11H,1-5,7H2,(H,14,16)(H,15,17). The van der Waals surface area contributed by atoms with Gasteiger partial charge >= 0.3 is 0 Å². The summed E-state index contributed by atoms with van der Waals surface area (Å²) in [5.74, 6) is 2.59. The summed E-state index contributed by atoms with van der Waals surface area (Å²) in [4.78, 5) is 18.7. The summed E-state index contributed by atoms with van der Waals surface area (Å²) in [5, 5.41) is 2.96. The Balaban J connectivity index is 1.44. The van der Waals surface area contributed by atoms with E-state index in [4.69, 9.17) is 0 Å². The first-order valence-corrected chi connectivity index (χ1v) is 6.55. The van der Waals surface area contributed by atoms with Crippen molar-refractivity contribution in [3.63, 3.8) is 0 Å². The fraction of sp³-hybridized carbons (Fsp3) is 0.692. The number of H-pyrrole nitrogens is 1. The Hall–Kier alpha value is -1.32. The van der Waals surface area contributed by atoms with Crippen LogP contribution in [-0.2, 0) is 11.3 Å². The third-order valence-electron chi connectivity index (χ3n) is 4.36. The highest BCUT2D eigenvalue weighted by Gasteiger charge is 2.39. The molecule has 2 fully saturated rings. The Labute approximate surface area is 101 Å². The molecule has 0 spiro atoms. The zero-order chi connectivity index (χ0) is 11.7. The van der Waals surface area contributed by atoms with Gasteiger partial charge in [-0.2, -0.15) is 0 Å². The Morgan fingerprint density at radius 3 is 3.06 bits per heavy atom. The number of rotatable bonds is 4. The average Bonchev–Trinajstić information content (AvgIpc) is 3.03. The lowest BCUT2D eigenvalue weighted by Gasteiger charge is -2.20. The molecule has 0 aromatic carbocycles. The van der Waals surface area contributed by atoms with Gasteiger partial charge in [0.15, 0.2) is 0 Å². The van der Waals surface area contributed by atoms with Crippen molar-refractivity contribution in [1.82, 2.24) is 15.3 Å². The highest BCUT2D eigenvalue weighted by molar-refractivity contribution is 5.76. The van der Waals surface area contributed by atoms with Crippen LogP contribution in [-0.4, -0.2) is 15.9 Å². The zero-order valence-corrected chi connectivity index (χ0v) is 9.98. The Morgan fingerprint density at radius 2 is 2.41 bits per heavy atom. The summed E-state index contributed by atoms with van der Waals surface area (Å²) in [6.07, 6.45) is 9.51. The number of aromatic nitrogens is 2. The summed E-state index contributed by atoms with van der Waals surface area (Å²) in [7, 11) is 0. The van der Waals surface area contributed by atoms with Gasteiger partial charge in [0.05, 0.1) is 18.6 Å². The Bertz CT molecular complexity index is 387. The Kier molecular flexibility index (Phi) is 2.87. The molecule has 0 aliphatic heterocycles. The van der Waals surface area contributed by atoms with Crippen molar-refractivity contribution in [2.24, 2.45) is 17.8 Å². The van der Waals surface area contributed by atoms with Gasteiger partial charge in [-0.05, 0) is 37.0 Å². The lowest BCUT2D eigenvalue weighted by atomic mass is 9.86. The summed E-state index contributed by atoms with van der Waals surface area (Å²) >= 11 is 0. The monoisotopic (exact) mass is 233 g/mol. The van der Waals surface area contributed by atoms with Crippen molar-refractivity contribution in [2.75, 3.05) is 0 Å². The maximum absolute atomic E-state index is 11.8. The number of imidazole rings is 1. The second-order valence-corrected chi connectivity index (χ2v) is 5.49. The van der Waals surface area contributed by atoms with Crippen molar-refractivity contribution in [3.05, 3.63) is 18.2 Å². The number of nitrogens with zero attached hydrogens (tertiary/aromatic N) is 1. The van der Waals surface area contributed by atoms with Gasteiger partial charge in [0.1, 0.15) is 0 Å². The first kappa shape index (κ1) is 10.8. The number of amides is 1. The van der Waals surface area contributed by atoms with Crippen LogP contribution in [0, 0.1) is 17.8 Å². The molecule has 0 saturated heterocycles. The molecular weight excluding hydrogens is 214 g/mol. The number of nitrogens with one attached hydrogen (secondary N) is 2. The van der Waals surface area contributed by atoms with E-state index in [1.54, 1.807) is 12.5 Å². The van der Waals surface area contributed by atoms with E-state index in [1.165, 1.54) is 25.7 Å². The van der Waals surface area contributed by atoms with E-state index in [0.29, 0.717) is 12.5 Å². The van der Waals surface area contributed by atoms with E-state index in [0.717, 1.165) is 24.0 Å². The molecule has 3 atom stereocenters. The molecule has 92 valence electrons. The van der Waals surface area contributed by atoms with Gasteiger partial charge in [0.2, 0.25) is 5.91 Å². The summed E-state index contributed by atoms with van der Waals surface area (Å²) in [6.45, 7) is 0.569. The minimum atomic E-state index is 0.192. The number of fused-ring (bicyclic) bond motifs is 2. The fourth-order valence-electron chi connectivity index (χ4n) is 3.51. The van der Waals surface area contributed by atoms with Crippen molar-refractivity contribution in [3.8, 4) is 0 Å². The zero-order valence-electron chi connectivity index (χ0n) is 9.98. The molecule has 3 rings (SSSR count). The second kappa shape index (κ2) is 4.51. The van der Waals surface area contributed by atoms with Gasteiger partial charge in [-0.3, -0.25) is 4.79 Å². The molecule has 2 bridgehead atoms. The van der Waals surface area contributed by atoms with Gasteiger partial charge < -0.3 is 10.3 Å². The molecule has 4 heteroatoms. The van der Waals surface area contributed by atoms with Crippen LogP contribution in [0.1, 0.15) is 37.8 Å². The molecule has 1 aromatic rings. The minimum Gasteiger partial charge on any atom is -0.350 e. The number of carbonyl (C=O) groups is 1. The van der Waals surface area contributed by atoms with Crippen LogP contribution in [0.15, 0.2) is 12.5 Å². The van der Waals surface area contributed by atoms with Crippen molar-refractivity contribution >= 4 is 5.91 Å². The number of aromatic amines is 1. The highest BCUT2D eigenvalue weighted by Crippen LogP contribution is 2.49. The summed E-state index contributed by atoms with van der Waals surface area (Å²) < 4.78 is 0. The molecule has 17 heavy (non-hydrogen) atoms. The quantitative estimate of drug-likeness (QED) is 0.834. The second-order valence-electron chi connectivity index (χ2n) is 5.49. The third-order valence-corrected chi connectivity index (χ3v) is 4.36. The average molecular weight is 233 g/mol. The molecule has 1 heterocycles. The first-order valence-electron chi connectivity index (χ1n) is 6.55. The molecule has 1 aromatic heterocycles. The molecule has 2 saturated carbocycles. The molecular formula is C13H19N3O. The van der Waals surface area contributed by atoms with Crippen LogP contribution in [0.2, 0.25) is 0 Å². The number of carbonyl (C=O) groups excluding carboxylic acids is 1. The number of hydrogen-bond acceptors (Lipinski definition) is 2. The molecule has 0 radical (unpaired) electrons. The molecule has 3 unspecified atom stereocenters. The molecule has 2 aliphatic rings. The lowest BCUT2D eigenvalue weighted by molar-refractivity contribution is -0.122.